The molecular weight excluding hydrogens is 402 g/mol. The molecule has 4 rings (SSSR count). The number of hydrogen-bond donors (Lipinski definition) is 1. The molecule has 2 aliphatic heterocycles. The molecule has 0 saturated carbocycles. The van der Waals surface area contributed by atoms with Crippen molar-refractivity contribution >= 4 is 12.0 Å². The number of ether oxygens (including phenoxy) is 2. The number of urea groups is 1. The van der Waals surface area contributed by atoms with E-state index in [4.69, 9.17) is 13.9 Å². The number of esters is 1. The standard InChI is InChI=1S/C21H27N5O5/c1-2-30-17(27)5-10-23-20(28)26-13-16(21(14-26)6-11-29-12-7-21)19-25-24-18(31-19)15-3-8-22-9-4-15/h3-4,8-9,16H,2,5-7,10-14H2,1H3,(H,23,28). The zero-order valence-corrected chi connectivity index (χ0v) is 17.6. The third kappa shape index (κ3) is 4.68. The minimum absolute atomic E-state index is 0.0738. The molecule has 166 valence electrons. The first-order valence-electron chi connectivity index (χ1n) is 10.6. The summed E-state index contributed by atoms with van der Waals surface area (Å²) in [6.45, 7) is 4.66. The summed E-state index contributed by atoms with van der Waals surface area (Å²) >= 11 is 0. The van der Waals surface area contributed by atoms with Gasteiger partial charge in [0, 0.05) is 56.2 Å². The minimum atomic E-state index is -0.322. The van der Waals surface area contributed by atoms with Crippen molar-refractivity contribution in [3.05, 3.63) is 30.4 Å². The van der Waals surface area contributed by atoms with Gasteiger partial charge >= 0.3 is 12.0 Å². The van der Waals surface area contributed by atoms with E-state index in [1.807, 2.05) is 12.1 Å². The summed E-state index contributed by atoms with van der Waals surface area (Å²) in [5, 5.41) is 11.4. The van der Waals surface area contributed by atoms with Gasteiger partial charge < -0.3 is 24.1 Å². The molecule has 10 nitrogen and oxygen atoms in total. The van der Waals surface area contributed by atoms with Crippen LogP contribution in [0.5, 0.6) is 0 Å². The molecule has 1 spiro atoms. The number of hydrogen-bond acceptors (Lipinski definition) is 8. The first kappa shape index (κ1) is 21.2. The lowest BCUT2D eigenvalue weighted by atomic mass is 9.72. The Morgan fingerprint density at radius 2 is 2.03 bits per heavy atom. The molecule has 0 aliphatic carbocycles. The zero-order valence-electron chi connectivity index (χ0n) is 17.6. The van der Waals surface area contributed by atoms with E-state index < -0.39 is 0 Å². The smallest absolute Gasteiger partial charge is 0.317 e. The maximum atomic E-state index is 12.8. The van der Waals surface area contributed by atoms with Crippen LogP contribution in [-0.4, -0.2) is 71.5 Å². The molecule has 4 heterocycles. The van der Waals surface area contributed by atoms with Crippen LogP contribution in [0.2, 0.25) is 0 Å². The second-order valence-corrected chi connectivity index (χ2v) is 7.88. The van der Waals surface area contributed by atoms with Crippen molar-refractivity contribution in [1.29, 1.82) is 0 Å². The number of nitrogens with one attached hydrogen (secondary N) is 1. The molecule has 1 N–H and O–H groups in total. The zero-order chi connectivity index (χ0) is 21.7. The Labute approximate surface area is 180 Å². The van der Waals surface area contributed by atoms with Crippen LogP contribution in [0.25, 0.3) is 11.5 Å². The monoisotopic (exact) mass is 429 g/mol. The highest BCUT2D eigenvalue weighted by molar-refractivity contribution is 5.76. The van der Waals surface area contributed by atoms with Crippen LogP contribution in [0.15, 0.2) is 28.9 Å². The van der Waals surface area contributed by atoms with E-state index in [1.54, 1.807) is 24.2 Å². The minimum Gasteiger partial charge on any atom is -0.466 e. The summed E-state index contributed by atoms with van der Waals surface area (Å²) in [5.74, 6) is 0.584. The fourth-order valence-electron chi connectivity index (χ4n) is 4.35. The van der Waals surface area contributed by atoms with Gasteiger partial charge in [0.15, 0.2) is 0 Å². The first-order chi connectivity index (χ1) is 15.1. The maximum absolute atomic E-state index is 12.8. The van der Waals surface area contributed by atoms with Crippen molar-refractivity contribution in [2.24, 2.45) is 5.41 Å². The Bertz CT molecular complexity index is 897. The summed E-state index contributed by atoms with van der Waals surface area (Å²) in [6, 6.07) is 3.44. The van der Waals surface area contributed by atoms with E-state index in [1.165, 1.54) is 0 Å². The molecule has 0 bridgehead atoms. The number of carbonyl (C=O) groups excluding carboxylic acids is 2. The fraction of sp³-hybridized carbons (Fsp3) is 0.571. The number of rotatable bonds is 6. The van der Waals surface area contributed by atoms with Gasteiger partial charge in [-0.2, -0.15) is 0 Å². The van der Waals surface area contributed by atoms with Gasteiger partial charge in [0.25, 0.3) is 0 Å². The number of carbonyl (C=O) groups is 2. The van der Waals surface area contributed by atoms with Gasteiger partial charge in [0.05, 0.1) is 18.9 Å². The van der Waals surface area contributed by atoms with Crippen LogP contribution in [0.4, 0.5) is 4.79 Å². The third-order valence-electron chi connectivity index (χ3n) is 6.00. The summed E-state index contributed by atoms with van der Waals surface area (Å²) < 4.78 is 16.5. The lowest BCUT2D eigenvalue weighted by molar-refractivity contribution is -0.142. The highest BCUT2D eigenvalue weighted by Crippen LogP contribution is 2.49. The topological polar surface area (TPSA) is 120 Å². The van der Waals surface area contributed by atoms with Gasteiger partial charge in [-0.1, -0.05) is 0 Å². The second kappa shape index (κ2) is 9.42. The van der Waals surface area contributed by atoms with Gasteiger partial charge in [-0.25, -0.2) is 4.79 Å². The highest BCUT2D eigenvalue weighted by atomic mass is 16.5. The Morgan fingerprint density at radius 3 is 2.77 bits per heavy atom. The third-order valence-corrected chi connectivity index (χ3v) is 6.00. The molecule has 2 aliphatic rings. The quantitative estimate of drug-likeness (QED) is 0.693. The van der Waals surface area contributed by atoms with Crippen molar-refractivity contribution in [3.63, 3.8) is 0 Å². The van der Waals surface area contributed by atoms with Crippen molar-refractivity contribution in [1.82, 2.24) is 25.4 Å². The van der Waals surface area contributed by atoms with E-state index in [9.17, 15) is 9.59 Å². The second-order valence-electron chi connectivity index (χ2n) is 7.88. The molecule has 2 aromatic rings. The van der Waals surface area contributed by atoms with Crippen LogP contribution in [0.3, 0.4) is 0 Å². The lowest BCUT2D eigenvalue weighted by Gasteiger charge is -2.36. The van der Waals surface area contributed by atoms with Crippen LogP contribution >= 0.6 is 0 Å². The molecular formula is C21H27N5O5. The van der Waals surface area contributed by atoms with E-state index in [-0.39, 0.29) is 36.3 Å². The van der Waals surface area contributed by atoms with Crippen molar-refractivity contribution < 1.29 is 23.5 Å². The SMILES string of the molecule is CCOC(=O)CCNC(=O)N1CC(c2nnc(-c3ccncc3)o2)C2(CCOCC2)C1. The van der Waals surface area contributed by atoms with Gasteiger partial charge in [-0.05, 0) is 31.9 Å². The van der Waals surface area contributed by atoms with Crippen molar-refractivity contribution in [2.45, 2.75) is 32.1 Å². The van der Waals surface area contributed by atoms with Crippen LogP contribution < -0.4 is 5.32 Å². The Morgan fingerprint density at radius 1 is 1.26 bits per heavy atom. The largest absolute Gasteiger partial charge is 0.466 e. The van der Waals surface area contributed by atoms with E-state index in [2.05, 4.69) is 20.5 Å². The number of nitrogens with zero attached hydrogens (tertiary/aromatic N) is 4. The first-order valence-corrected chi connectivity index (χ1v) is 10.6. The van der Waals surface area contributed by atoms with Crippen LogP contribution in [-0.2, 0) is 14.3 Å². The molecule has 2 aromatic heterocycles. The van der Waals surface area contributed by atoms with Crippen LogP contribution in [0.1, 0.15) is 38.0 Å². The molecule has 0 aromatic carbocycles. The van der Waals surface area contributed by atoms with Crippen molar-refractivity contribution in [3.8, 4) is 11.5 Å². The van der Waals surface area contributed by atoms with Gasteiger partial charge in [0.1, 0.15) is 0 Å². The maximum Gasteiger partial charge on any atom is 0.317 e. The summed E-state index contributed by atoms with van der Waals surface area (Å²) in [5.41, 5.74) is 0.639. The van der Waals surface area contributed by atoms with Gasteiger partial charge in [-0.3, -0.25) is 9.78 Å². The lowest BCUT2D eigenvalue weighted by Crippen LogP contribution is -2.41. The molecule has 0 radical (unpaired) electrons. The molecule has 2 fully saturated rings. The Balaban J connectivity index is 1.47. The number of likely N-dealkylation sites (tertiary alicyclic amines) is 1. The molecule has 1 atom stereocenters. The number of amides is 2. The van der Waals surface area contributed by atoms with Crippen molar-refractivity contribution in [2.75, 3.05) is 39.5 Å². The predicted molar refractivity (Wildman–Crippen MR) is 109 cm³/mol. The Hall–Kier alpha value is -3.01. The number of pyridine rings is 1. The molecule has 2 saturated heterocycles. The molecule has 31 heavy (non-hydrogen) atoms. The van der Waals surface area contributed by atoms with Gasteiger partial charge in [-0.15, -0.1) is 10.2 Å². The highest BCUT2D eigenvalue weighted by Gasteiger charge is 2.51. The average molecular weight is 429 g/mol. The van der Waals surface area contributed by atoms with E-state index in [0.717, 1.165) is 18.4 Å². The van der Waals surface area contributed by atoms with Crippen LogP contribution in [0, 0.1) is 5.41 Å². The Kier molecular flexibility index (Phi) is 6.45. The average Bonchev–Trinajstić information content (AvgIpc) is 3.40. The van der Waals surface area contributed by atoms with Gasteiger partial charge in [0.2, 0.25) is 11.8 Å². The summed E-state index contributed by atoms with van der Waals surface area (Å²) in [4.78, 5) is 30.1. The van der Waals surface area contributed by atoms with E-state index >= 15 is 0 Å². The summed E-state index contributed by atoms with van der Waals surface area (Å²) in [6.07, 6.45) is 5.14. The summed E-state index contributed by atoms with van der Waals surface area (Å²) in [7, 11) is 0. The van der Waals surface area contributed by atoms with E-state index in [0.29, 0.717) is 44.7 Å². The fourth-order valence-corrected chi connectivity index (χ4v) is 4.35. The molecule has 10 heteroatoms. The normalized spacial score (nSPS) is 20.0. The molecule has 1 unspecified atom stereocenters. The molecule has 2 amide bonds. The number of aromatic nitrogens is 3. The predicted octanol–water partition coefficient (Wildman–Crippen LogP) is 1.99.